The van der Waals surface area contributed by atoms with Crippen molar-refractivity contribution in [1.29, 1.82) is 0 Å². The summed E-state index contributed by atoms with van der Waals surface area (Å²) in [5, 5.41) is 2.26. The molecule has 0 unspecified atom stereocenters. The van der Waals surface area contributed by atoms with Crippen LogP contribution in [0.2, 0.25) is 5.02 Å². The molecule has 134 valence electrons. The van der Waals surface area contributed by atoms with E-state index in [1.54, 1.807) is 0 Å². The number of hydrogen-bond donors (Lipinski definition) is 2. The maximum absolute atomic E-state index is 13.4. The molecule has 0 aliphatic heterocycles. The largest absolute Gasteiger partial charge is 0.431 e. The van der Waals surface area contributed by atoms with Crippen molar-refractivity contribution in [2.75, 3.05) is 5.32 Å². The Kier molecular flexibility index (Phi) is 4.28. The van der Waals surface area contributed by atoms with Gasteiger partial charge in [0.25, 0.3) is 5.91 Å². The molecule has 3 N–H and O–H groups in total. The van der Waals surface area contributed by atoms with Crippen LogP contribution in [0, 0.1) is 5.82 Å². The number of carbonyl (C=O) groups is 1. The van der Waals surface area contributed by atoms with Crippen LogP contribution in [0.5, 0.6) is 0 Å². The highest BCUT2D eigenvalue weighted by Gasteiger charge is 2.44. The summed E-state index contributed by atoms with van der Waals surface area (Å²) in [6.45, 7) is 0. The number of halogens is 5. The quantitative estimate of drug-likeness (QED) is 0.778. The first-order valence-electron chi connectivity index (χ1n) is 7.42. The van der Waals surface area contributed by atoms with Crippen molar-refractivity contribution in [2.45, 2.75) is 25.1 Å². The first-order valence-corrected chi connectivity index (χ1v) is 7.79. The van der Waals surface area contributed by atoms with Crippen LogP contribution in [0.15, 0.2) is 18.2 Å². The lowest BCUT2D eigenvalue weighted by Gasteiger charge is -2.14. The highest BCUT2D eigenvalue weighted by molar-refractivity contribution is 6.31. The average Bonchev–Trinajstić information content (AvgIpc) is 2.99. The van der Waals surface area contributed by atoms with Crippen LogP contribution in [-0.2, 0) is 19.6 Å². The number of benzene rings is 1. The maximum atomic E-state index is 13.4. The van der Waals surface area contributed by atoms with E-state index in [4.69, 9.17) is 17.3 Å². The van der Waals surface area contributed by atoms with Crippen LogP contribution >= 0.6 is 11.6 Å². The van der Waals surface area contributed by atoms with Crippen molar-refractivity contribution in [3.8, 4) is 0 Å². The Labute approximate surface area is 145 Å². The fraction of sp³-hybridized carbons (Fsp3) is 0.312. The van der Waals surface area contributed by atoms with E-state index in [2.05, 4.69) is 5.32 Å². The maximum Gasteiger partial charge on any atom is 0.431 e. The molecule has 0 bridgehead atoms. The van der Waals surface area contributed by atoms with E-state index in [9.17, 15) is 22.4 Å². The molecule has 0 saturated heterocycles. The zero-order valence-electron chi connectivity index (χ0n) is 13.0. The molecule has 1 atom stereocenters. The zero-order chi connectivity index (χ0) is 18.5. The number of fused-ring (bicyclic) bond motifs is 1. The highest BCUT2D eigenvalue weighted by atomic mass is 35.5. The molecule has 1 aromatic carbocycles. The molecule has 1 aromatic heterocycles. The summed E-state index contributed by atoms with van der Waals surface area (Å²) in [4.78, 5) is 12.6. The van der Waals surface area contributed by atoms with Gasteiger partial charge in [-0.15, -0.1) is 0 Å². The summed E-state index contributed by atoms with van der Waals surface area (Å²) in [6.07, 6.45) is -4.00. The summed E-state index contributed by atoms with van der Waals surface area (Å²) < 4.78 is 54.2. The molecule has 0 saturated carbocycles. The third-order valence-electron chi connectivity index (χ3n) is 4.27. The van der Waals surface area contributed by atoms with Crippen molar-refractivity contribution in [3.63, 3.8) is 0 Å². The SMILES string of the molecule is Cn1c(C(=O)Nc2ccc(F)c(Cl)c2)c2c(c1C(F)(F)F)[C@@H](N)CC2. The predicted molar refractivity (Wildman–Crippen MR) is 85.0 cm³/mol. The van der Waals surface area contributed by atoms with Gasteiger partial charge in [0.05, 0.1) is 5.02 Å². The first-order chi connectivity index (χ1) is 11.6. The lowest BCUT2D eigenvalue weighted by molar-refractivity contribution is -0.143. The van der Waals surface area contributed by atoms with Crippen molar-refractivity contribution in [2.24, 2.45) is 12.8 Å². The molecule has 1 amide bonds. The van der Waals surface area contributed by atoms with Crippen molar-refractivity contribution in [3.05, 3.63) is 51.6 Å². The lowest BCUT2D eigenvalue weighted by Crippen LogP contribution is -2.21. The van der Waals surface area contributed by atoms with Crippen LogP contribution in [-0.4, -0.2) is 10.5 Å². The summed E-state index contributed by atoms with van der Waals surface area (Å²) in [7, 11) is 1.18. The smallest absolute Gasteiger partial charge is 0.336 e. The first kappa shape index (κ1) is 17.8. The molecule has 0 fully saturated rings. The fourth-order valence-corrected chi connectivity index (χ4v) is 3.44. The van der Waals surface area contributed by atoms with Gasteiger partial charge in [0.15, 0.2) is 0 Å². The van der Waals surface area contributed by atoms with Crippen LogP contribution in [0.1, 0.15) is 39.8 Å². The minimum Gasteiger partial charge on any atom is -0.336 e. The van der Waals surface area contributed by atoms with Gasteiger partial charge in [-0.2, -0.15) is 13.2 Å². The van der Waals surface area contributed by atoms with Gasteiger partial charge in [-0.25, -0.2) is 4.39 Å². The van der Waals surface area contributed by atoms with Gasteiger partial charge in [-0.1, -0.05) is 11.6 Å². The number of nitrogens with zero attached hydrogens (tertiary/aromatic N) is 1. The second kappa shape index (κ2) is 6.03. The number of rotatable bonds is 2. The molecule has 3 rings (SSSR count). The number of alkyl halides is 3. The molecule has 1 aliphatic rings. The predicted octanol–water partition coefficient (Wildman–Crippen LogP) is 4.03. The average molecular weight is 376 g/mol. The van der Waals surface area contributed by atoms with Gasteiger partial charge in [0.2, 0.25) is 0 Å². The molecule has 1 aliphatic carbocycles. The topological polar surface area (TPSA) is 60.0 Å². The molecule has 4 nitrogen and oxygen atoms in total. The number of hydrogen-bond acceptors (Lipinski definition) is 2. The monoisotopic (exact) mass is 375 g/mol. The molecular formula is C16H14ClF4N3O. The Hall–Kier alpha value is -2.06. The molecule has 25 heavy (non-hydrogen) atoms. The number of nitrogens with one attached hydrogen (secondary N) is 1. The molecule has 9 heteroatoms. The Morgan fingerprint density at radius 3 is 2.68 bits per heavy atom. The minimum atomic E-state index is -4.63. The number of nitrogens with two attached hydrogens (primary N) is 1. The Bertz CT molecular complexity index is 860. The lowest BCUT2D eigenvalue weighted by atomic mass is 10.1. The summed E-state index contributed by atoms with van der Waals surface area (Å²) in [6, 6.07) is 2.76. The van der Waals surface area contributed by atoms with Crippen LogP contribution in [0.25, 0.3) is 0 Å². The summed E-state index contributed by atoms with van der Waals surface area (Å²) >= 11 is 5.65. The van der Waals surface area contributed by atoms with Gasteiger partial charge in [-0.05, 0) is 36.6 Å². The van der Waals surface area contributed by atoms with Gasteiger partial charge in [0.1, 0.15) is 17.2 Å². The Morgan fingerprint density at radius 2 is 2.08 bits per heavy atom. The second-order valence-electron chi connectivity index (χ2n) is 5.87. The van der Waals surface area contributed by atoms with Gasteiger partial charge in [0, 0.05) is 24.3 Å². The molecule has 1 heterocycles. The van der Waals surface area contributed by atoms with E-state index in [0.717, 1.165) is 10.6 Å². The fourth-order valence-electron chi connectivity index (χ4n) is 3.26. The molecule has 0 spiro atoms. The Balaban J connectivity index is 2.04. The third kappa shape index (κ3) is 3.00. The summed E-state index contributed by atoms with van der Waals surface area (Å²) in [5.41, 5.74) is 5.25. The second-order valence-corrected chi connectivity index (χ2v) is 6.28. The van der Waals surface area contributed by atoms with E-state index in [-0.39, 0.29) is 28.4 Å². The van der Waals surface area contributed by atoms with Crippen molar-refractivity contribution < 1.29 is 22.4 Å². The number of carbonyl (C=O) groups excluding carboxylic acids is 1. The highest BCUT2D eigenvalue weighted by Crippen LogP contribution is 2.43. The zero-order valence-corrected chi connectivity index (χ0v) is 13.8. The Morgan fingerprint density at radius 1 is 1.40 bits per heavy atom. The van der Waals surface area contributed by atoms with E-state index in [0.29, 0.717) is 12.0 Å². The van der Waals surface area contributed by atoms with E-state index in [1.165, 1.54) is 19.2 Å². The van der Waals surface area contributed by atoms with E-state index < -0.39 is 29.6 Å². The minimum absolute atomic E-state index is 0.0303. The normalized spacial score (nSPS) is 16.8. The van der Waals surface area contributed by atoms with Gasteiger partial charge in [-0.3, -0.25) is 4.79 Å². The van der Waals surface area contributed by atoms with E-state index in [1.807, 2.05) is 0 Å². The van der Waals surface area contributed by atoms with Crippen molar-refractivity contribution >= 4 is 23.2 Å². The molecule has 2 aromatic rings. The molecular weight excluding hydrogens is 362 g/mol. The van der Waals surface area contributed by atoms with Crippen LogP contribution < -0.4 is 11.1 Å². The van der Waals surface area contributed by atoms with Crippen LogP contribution in [0.3, 0.4) is 0 Å². The third-order valence-corrected chi connectivity index (χ3v) is 4.56. The number of anilines is 1. The van der Waals surface area contributed by atoms with Gasteiger partial charge >= 0.3 is 6.18 Å². The van der Waals surface area contributed by atoms with Crippen molar-refractivity contribution in [1.82, 2.24) is 4.57 Å². The van der Waals surface area contributed by atoms with Crippen LogP contribution in [0.4, 0.5) is 23.2 Å². The summed E-state index contributed by atoms with van der Waals surface area (Å²) in [5.74, 6) is -1.39. The standard InChI is InChI=1S/C16H14ClF4N3O/c1-24-13(15(25)23-7-2-4-10(18)9(17)6-7)8-3-5-11(22)12(8)14(24)16(19,20)21/h2,4,6,11H,3,5,22H2,1H3,(H,23,25)/t11-/m0/s1. The molecule has 0 radical (unpaired) electrons. The number of amides is 1. The van der Waals surface area contributed by atoms with Gasteiger partial charge < -0.3 is 15.6 Å². The van der Waals surface area contributed by atoms with E-state index >= 15 is 0 Å². The number of aromatic nitrogens is 1.